The summed E-state index contributed by atoms with van der Waals surface area (Å²) in [5, 5.41) is 21.5. The third-order valence-corrected chi connectivity index (χ3v) is 1.92. The summed E-state index contributed by atoms with van der Waals surface area (Å²) in [4.78, 5) is 4.08. The van der Waals surface area contributed by atoms with Gasteiger partial charge in [0.25, 0.3) is 0 Å². The Bertz CT molecular complexity index is 345. The lowest BCUT2D eigenvalue weighted by atomic mass is 10.2. The first-order chi connectivity index (χ1) is 7.76. The second kappa shape index (κ2) is 6.93. The average molecular weight is 225 g/mol. The van der Waals surface area contributed by atoms with E-state index >= 15 is 0 Å². The van der Waals surface area contributed by atoms with Crippen LogP contribution in [0.2, 0.25) is 0 Å². The van der Waals surface area contributed by atoms with E-state index in [9.17, 15) is 5.11 Å². The summed E-state index contributed by atoms with van der Waals surface area (Å²) in [6, 6.07) is 1.88. The Morgan fingerprint density at radius 3 is 3.12 bits per heavy atom. The number of hydrogen-bond acceptors (Lipinski definition) is 6. The van der Waals surface area contributed by atoms with Gasteiger partial charge in [-0.1, -0.05) is 5.16 Å². The van der Waals surface area contributed by atoms with E-state index in [1.807, 2.05) is 13.0 Å². The highest BCUT2D eigenvalue weighted by Gasteiger charge is 2.11. The van der Waals surface area contributed by atoms with E-state index in [1.165, 1.54) is 0 Å². The first-order valence-corrected chi connectivity index (χ1v) is 5.20. The second-order valence-electron chi connectivity index (χ2n) is 3.27. The highest BCUT2D eigenvalue weighted by atomic mass is 16.5. The molecule has 0 amide bonds. The highest BCUT2D eigenvalue weighted by molar-refractivity contribution is 4.90. The van der Waals surface area contributed by atoms with Gasteiger partial charge in [-0.3, -0.25) is 0 Å². The summed E-state index contributed by atoms with van der Waals surface area (Å²) in [5.41, 5.74) is 0. The predicted octanol–water partition coefficient (Wildman–Crippen LogP) is 0.466. The largest absolute Gasteiger partial charge is 0.392 e. The van der Waals surface area contributed by atoms with E-state index in [1.54, 1.807) is 0 Å². The Labute approximate surface area is 93.8 Å². The van der Waals surface area contributed by atoms with Crippen LogP contribution in [0.15, 0.2) is 4.52 Å². The molecule has 0 aliphatic carbocycles. The zero-order valence-electron chi connectivity index (χ0n) is 9.22. The average Bonchev–Trinajstić information content (AvgIpc) is 2.66. The van der Waals surface area contributed by atoms with Gasteiger partial charge in [0.05, 0.1) is 31.6 Å². The van der Waals surface area contributed by atoms with E-state index in [2.05, 4.69) is 10.1 Å². The molecule has 1 rings (SSSR count). The molecule has 0 bridgehead atoms. The molecule has 0 saturated carbocycles. The molecule has 0 spiro atoms. The van der Waals surface area contributed by atoms with Crippen molar-refractivity contribution in [2.75, 3.05) is 13.2 Å². The maximum atomic E-state index is 9.35. The maximum absolute atomic E-state index is 9.35. The molecule has 1 heterocycles. The number of ether oxygens (including phenoxy) is 1. The van der Waals surface area contributed by atoms with Crippen LogP contribution in [0.3, 0.4) is 0 Å². The van der Waals surface area contributed by atoms with Gasteiger partial charge >= 0.3 is 0 Å². The van der Waals surface area contributed by atoms with E-state index in [-0.39, 0.29) is 12.8 Å². The van der Waals surface area contributed by atoms with E-state index in [0.717, 1.165) is 0 Å². The van der Waals surface area contributed by atoms with Crippen LogP contribution in [0.25, 0.3) is 0 Å². The number of nitriles is 1. The zero-order chi connectivity index (χ0) is 11.8. The maximum Gasteiger partial charge on any atom is 0.229 e. The molecule has 0 aliphatic rings. The van der Waals surface area contributed by atoms with Crippen molar-refractivity contribution in [2.45, 2.75) is 32.3 Å². The molecule has 0 saturated heterocycles. The van der Waals surface area contributed by atoms with Crippen LogP contribution < -0.4 is 0 Å². The quantitative estimate of drug-likeness (QED) is 0.678. The van der Waals surface area contributed by atoms with Gasteiger partial charge in [-0.05, 0) is 6.92 Å². The summed E-state index contributed by atoms with van der Waals surface area (Å²) in [6.45, 7) is 3.13. The van der Waals surface area contributed by atoms with Gasteiger partial charge in [0, 0.05) is 13.0 Å². The third kappa shape index (κ3) is 4.38. The van der Waals surface area contributed by atoms with Crippen molar-refractivity contribution in [3.63, 3.8) is 0 Å². The zero-order valence-corrected chi connectivity index (χ0v) is 9.22. The van der Waals surface area contributed by atoms with Crippen LogP contribution >= 0.6 is 0 Å². The van der Waals surface area contributed by atoms with Gasteiger partial charge in [-0.2, -0.15) is 10.2 Å². The molecule has 6 nitrogen and oxygen atoms in total. The Kier molecular flexibility index (Phi) is 5.46. The Morgan fingerprint density at radius 2 is 2.44 bits per heavy atom. The summed E-state index contributed by atoms with van der Waals surface area (Å²) >= 11 is 0. The first-order valence-electron chi connectivity index (χ1n) is 5.20. The highest BCUT2D eigenvalue weighted by Crippen LogP contribution is 2.04. The van der Waals surface area contributed by atoms with Crippen molar-refractivity contribution in [3.8, 4) is 6.07 Å². The minimum absolute atomic E-state index is 0.0661. The van der Waals surface area contributed by atoms with Crippen molar-refractivity contribution in [1.29, 1.82) is 5.26 Å². The van der Waals surface area contributed by atoms with Gasteiger partial charge in [-0.25, -0.2) is 0 Å². The van der Waals surface area contributed by atoms with E-state index in [4.69, 9.17) is 14.5 Å². The fraction of sp³-hybridized carbons (Fsp3) is 0.700. The van der Waals surface area contributed by atoms with Crippen molar-refractivity contribution < 1.29 is 14.4 Å². The first kappa shape index (κ1) is 12.6. The van der Waals surface area contributed by atoms with Crippen molar-refractivity contribution in [1.82, 2.24) is 10.1 Å². The third-order valence-electron chi connectivity index (χ3n) is 1.92. The van der Waals surface area contributed by atoms with Crippen LogP contribution in [0.1, 0.15) is 25.1 Å². The van der Waals surface area contributed by atoms with Crippen LogP contribution in [0.5, 0.6) is 0 Å². The molecule has 1 aromatic heterocycles. The standard InChI is InChI=1S/C10H15N3O3/c1-2-15-6-4-9-12-10(16-13-9)7-8(14)3-5-11/h8,14H,2-4,6-7H2,1H3. The molecule has 1 N–H and O–H groups in total. The van der Waals surface area contributed by atoms with Gasteiger partial charge in [0.1, 0.15) is 0 Å². The van der Waals surface area contributed by atoms with E-state index in [0.29, 0.717) is 31.3 Å². The molecule has 16 heavy (non-hydrogen) atoms. The molecule has 6 heteroatoms. The topological polar surface area (TPSA) is 92.2 Å². The molecular formula is C10H15N3O3. The molecule has 1 aromatic rings. The summed E-state index contributed by atoms with van der Waals surface area (Å²) < 4.78 is 10.1. The van der Waals surface area contributed by atoms with Crippen molar-refractivity contribution in [3.05, 3.63) is 11.7 Å². The number of aliphatic hydroxyl groups excluding tert-OH is 1. The fourth-order valence-electron chi connectivity index (χ4n) is 1.16. The molecular weight excluding hydrogens is 210 g/mol. The second-order valence-corrected chi connectivity index (χ2v) is 3.27. The van der Waals surface area contributed by atoms with Gasteiger partial charge in [-0.15, -0.1) is 0 Å². The molecule has 1 atom stereocenters. The molecule has 0 aromatic carbocycles. The summed E-state index contributed by atoms with van der Waals surface area (Å²) in [6.07, 6.45) is 0.127. The minimum atomic E-state index is -0.745. The number of nitrogens with zero attached hydrogens (tertiary/aromatic N) is 3. The number of aliphatic hydroxyl groups is 1. The number of aromatic nitrogens is 2. The van der Waals surface area contributed by atoms with Crippen LogP contribution in [-0.4, -0.2) is 34.6 Å². The monoisotopic (exact) mass is 225 g/mol. The summed E-state index contributed by atoms with van der Waals surface area (Å²) in [5.74, 6) is 0.918. The fourth-order valence-corrected chi connectivity index (χ4v) is 1.16. The Hall–Kier alpha value is -1.45. The molecule has 88 valence electrons. The summed E-state index contributed by atoms with van der Waals surface area (Å²) in [7, 11) is 0. The SMILES string of the molecule is CCOCCc1noc(CC(O)CC#N)n1. The van der Waals surface area contributed by atoms with Crippen molar-refractivity contribution in [2.24, 2.45) is 0 Å². The minimum Gasteiger partial charge on any atom is -0.392 e. The van der Waals surface area contributed by atoms with Crippen LogP contribution in [0, 0.1) is 11.3 Å². The smallest absolute Gasteiger partial charge is 0.229 e. The van der Waals surface area contributed by atoms with Crippen LogP contribution in [0.4, 0.5) is 0 Å². The lowest BCUT2D eigenvalue weighted by Gasteiger charge is -1.99. The molecule has 1 unspecified atom stereocenters. The van der Waals surface area contributed by atoms with Gasteiger partial charge in [0.2, 0.25) is 5.89 Å². The van der Waals surface area contributed by atoms with Crippen LogP contribution in [-0.2, 0) is 17.6 Å². The lowest BCUT2D eigenvalue weighted by molar-refractivity contribution is 0.149. The normalized spacial score (nSPS) is 12.3. The van der Waals surface area contributed by atoms with Gasteiger partial charge in [0.15, 0.2) is 5.82 Å². The number of rotatable bonds is 7. The van der Waals surface area contributed by atoms with E-state index < -0.39 is 6.10 Å². The Morgan fingerprint density at radius 1 is 1.62 bits per heavy atom. The predicted molar refractivity (Wildman–Crippen MR) is 54.4 cm³/mol. The van der Waals surface area contributed by atoms with Crippen molar-refractivity contribution >= 4 is 0 Å². The molecule has 0 radical (unpaired) electrons. The number of hydrogen-bond donors (Lipinski definition) is 1. The molecule has 0 fully saturated rings. The lowest BCUT2D eigenvalue weighted by Crippen LogP contribution is -2.09. The van der Waals surface area contributed by atoms with Gasteiger partial charge < -0.3 is 14.4 Å². The molecule has 0 aliphatic heterocycles. The Balaban J connectivity index is 2.36.